The van der Waals surface area contributed by atoms with E-state index in [-0.39, 0.29) is 5.88 Å². The summed E-state index contributed by atoms with van der Waals surface area (Å²) in [6.07, 6.45) is -3.86. The molecule has 1 aliphatic rings. The molecular weight excluding hydrogens is 387 g/mol. The summed E-state index contributed by atoms with van der Waals surface area (Å²) in [6.45, 7) is 6.14. The number of piperazine rings is 1. The van der Waals surface area contributed by atoms with Gasteiger partial charge in [0.1, 0.15) is 0 Å². The van der Waals surface area contributed by atoms with Crippen molar-refractivity contribution in [2.75, 3.05) is 44.6 Å². The van der Waals surface area contributed by atoms with E-state index in [4.69, 9.17) is 0 Å². The lowest BCUT2D eigenvalue weighted by Gasteiger charge is -2.34. The van der Waals surface area contributed by atoms with Crippen LogP contribution in [0, 0.1) is 0 Å². The summed E-state index contributed by atoms with van der Waals surface area (Å²) in [5.41, 5.74) is 0.129. The van der Waals surface area contributed by atoms with Crippen LogP contribution in [0.1, 0.15) is 17.7 Å². The highest BCUT2D eigenvalue weighted by atomic mass is 19.4. The van der Waals surface area contributed by atoms with Gasteiger partial charge in [-0.1, -0.05) is 35.5 Å². The zero-order valence-corrected chi connectivity index (χ0v) is 15.9. The van der Waals surface area contributed by atoms with Crippen molar-refractivity contribution in [3.63, 3.8) is 0 Å². The number of halogens is 3. The van der Waals surface area contributed by atoms with Gasteiger partial charge < -0.3 is 14.7 Å². The van der Waals surface area contributed by atoms with Gasteiger partial charge in [0.2, 0.25) is 5.88 Å². The molecule has 2 amide bonds. The summed E-state index contributed by atoms with van der Waals surface area (Å²) >= 11 is 0. The summed E-state index contributed by atoms with van der Waals surface area (Å²) in [5.74, 6) is -0.343. The number of anilines is 1. The molecule has 10 heteroatoms. The average molecular weight is 411 g/mol. The van der Waals surface area contributed by atoms with Crippen LogP contribution in [-0.4, -0.2) is 60.3 Å². The van der Waals surface area contributed by atoms with E-state index in [0.717, 1.165) is 45.7 Å². The van der Waals surface area contributed by atoms with Gasteiger partial charge in [0.25, 0.3) is 0 Å². The lowest BCUT2D eigenvalue weighted by molar-refractivity contribution is -0.142. The van der Waals surface area contributed by atoms with Gasteiger partial charge in [-0.2, -0.15) is 13.2 Å². The maximum absolute atomic E-state index is 12.4. The molecule has 1 saturated heterocycles. The molecule has 0 spiro atoms. The van der Waals surface area contributed by atoms with Crippen LogP contribution in [0.5, 0.6) is 0 Å². The zero-order valence-electron chi connectivity index (χ0n) is 15.9. The minimum Gasteiger partial charge on any atom is -0.338 e. The number of nitrogens with zero attached hydrogens (tertiary/aromatic N) is 3. The van der Waals surface area contributed by atoms with Crippen LogP contribution in [0.2, 0.25) is 0 Å². The molecule has 29 heavy (non-hydrogen) atoms. The van der Waals surface area contributed by atoms with Crippen molar-refractivity contribution in [3.05, 3.63) is 47.7 Å². The fourth-order valence-electron chi connectivity index (χ4n) is 3.14. The maximum atomic E-state index is 12.4. The quantitative estimate of drug-likeness (QED) is 0.686. The third-order valence-corrected chi connectivity index (χ3v) is 4.69. The topological polar surface area (TPSA) is 73.6 Å². The Morgan fingerprint density at radius 2 is 1.79 bits per heavy atom. The van der Waals surface area contributed by atoms with Crippen molar-refractivity contribution in [1.29, 1.82) is 0 Å². The lowest BCUT2D eigenvalue weighted by atomic mass is 10.2. The van der Waals surface area contributed by atoms with E-state index in [1.807, 2.05) is 18.2 Å². The van der Waals surface area contributed by atoms with Gasteiger partial charge >= 0.3 is 12.2 Å². The van der Waals surface area contributed by atoms with Crippen molar-refractivity contribution >= 4 is 11.9 Å². The van der Waals surface area contributed by atoms with E-state index >= 15 is 0 Å². The second kappa shape index (κ2) is 9.75. The predicted octanol–water partition coefficient (Wildman–Crippen LogP) is 3.02. The molecule has 0 aliphatic carbocycles. The Balaban J connectivity index is 1.28. The van der Waals surface area contributed by atoms with Crippen molar-refractivity contribution in [1.82, 2.24) is 20.3 Å². The number of hydrogen-bond acceptors (Lipinski definition) is 5. The first kappa shape index (κ1) is 21.1. The zero-order chi connectivity index (χ0) is 20.7. The van der Waals surface area contributed by atoms with Crippen LogP contribution in [0.15, 0.2) is 40.9 Å². The second-order valence-electron chi connectivity index (χ2n) is 6.91. The molecule has 2 heterocycles. The molecule has 3 rings (SSSR count). The molecular formula is C19H24F3N5O2. The van der Waals surface area contributed by atoms with Gasteiger partial charge in [0.15, 0.2) is 5.69 Å². The van der Waals surface area contributed by atoms with Crippen molar-refractivity contribution in [3.8, 4) is 0 Å². The van der Waals surface area contributed by atoms with Gasteiger partial charge in [-0.3, -0.25) is 10.2 Å². The highest BCUT2D eigenvalue weighted by Gasteiger charge is 2.35. The molecule has 0 atom stereocenters. The molecule has 158 valence electrons. The Morgan fingerprint density at radius 3 is 2.45 bits per heavy atom. The SMILES string of the molecule is O=C(NCCCN1CCN(Cc2ccccc2)CC1)Nc1cc(C(F)(F)F)no1. The largest absolute Gasteiger partial charge is 0.436 e. The first-order valence-corrected chi connectivity index (χ1v) is 9.47. The minimum atomic E-state index is -4.61. The number of rotatable bonds is 7. The molecule has 1 aliphatic heterocycles. The molecule has 0 saturated carbocycles. The van der Waals surface area contributed by atoms with Crippen LogP contribution < -0.4 is 10.6 Å². The Kier molecular flexibility index (Phi) is 7.10. The van der Waals surface area contributed by atoms with E-state index in [2.05, 4.69) is 42.2 Å². The average Bonchev–Trinajstić information content (AvgIpc) is 3.16. The molecule has 1 aromatic heterocycles. The van der Waals surface area contributed by atoms with E-state index < -0.39 is 17.9 Å². The third-order valence-electron chi connectivity index (χ3n) is 4.69. The number of carbonyl (C=O) groups is 1. The van der Waals surface area contributed by atoms with E-state index in [0.29, 0.717) is 12.6 Å². The van der Waals surface area contributed by atoms with E-state index in [1.54, 1.807) is 0 Å². The fourth-order valence-corrected chi connectivity index (χ4v) is 3.14. The first-order valence-electron chi connectivity index (χ1n) is 9.47. The first-order chi connectivity index (χ1) is 13.9. The maximum Gasteiger partial charge on any atom is 0.436 e. The molecule has 2 aromatic rings. The monoisotopic (exact) mass is 411 g/mol. The summed E-state index contributed by atoms with van der Waals surface area (Å²) in [6, 6.07) is 10.4. The Bertz CT molecular complexity index is 774. The van der Waals surface area contributed by atoms with Crippen LogP contribution >= 0.6 is 0 Å². The smallest absolute Gasteiger partial charge is 0.338 e. The number of alkyl halides is 3. The standard InChI is InChI=1S/C19H24F3N5O2/c20-19(21,22)16-13-17(29-25-16)24-18(28)23-7-4-8-26-9-11-27(12-10-26)14-15-5-2-1-3-6-15/h1-3,5-6,13H,4,7-12,14H2,(H2,23,24,28). The summed E-state index contributed by atoms with van der Waals surface area (Å²) in [4.78, 5) is 16.5. The summed E-state index contributed by atoms with van der Waals surface area (Å²) < 4.78 is 41.8. The fraction of sp³-hybridized carbons (Fsp3) is 0.474. The van der Waals surface area contributed by atoms with Gasteiger partial charge in [-0.15, -0.1) is 0 Å². The predicted molar refractivity (Wildman–Crippen MR) is 101 cm³/mol. The summed E-state index contributed by atoms with van der Waals surface area (Å²) in [5, 5.41) is 7.68. The highest BCUT2D eigenvalue weighted by Crippen LogP contribution is 2.29. The summed E-state index contributed by atoms with van der Waals surface area (Å²) in [7, 11) is 0. The Morgan fingerprint density at radius 1 is 1.10 bits per heavy atom. The van der Waals surface area contributed by atoms with Gasteiger partial charge in [-0.05, 0) is 18.5 Å². The number of hydrogen-bond donors (Lipinski definition) is 2. The highest BCUT2D eigenvalue weighted by molar-refractivity contribution is 5.87. The minimum absolute atomic E-state index is 0.343. The molecule has 7 nitrogen and oxygen atoms in total. The van der Waals surface area contributed by atoms with Gasteiger partial charge in [0.05, 0.1) is 0 Å². The molecule has 0 unspecified atom stereocenters. The molecule has 2 N–H and O–H groups in total. The normalized spacial score (nSPS) is 16.0. The van der Waals surface area contributed by atoms with Crippen LogP contribution in [-0.2, 0) is 12.7 Å². The number of urea groups is 1. The van der Waals surface area contributed by atoms with Crippen LogP contribution in [0.4, 0.5) is 23.8 Å². The second-order valence-corrected chi connectivity index (χ2v) is 6.91. The molecule has 1 aromatic carbocycles. The van der Waals surface area contributed by atoms with Crippen LogP contribution in [0.3, 0.4) is 0 Å². The number of amides is 2. The lowest BCUT2D eigenvalue weighted by Crippen LogP contribution is -2.46. The Labute approximate surface area is 166 Å². The molecule has 0 bridgehead atoms. The Hall–Kier alpha value is -2.59. The van der Waals surface area contributed by atoms with Crippen molar-refractivity contribution < 1.29 is 22.5 Å². The van der Waals surface area contributed by atoms with Crippen molar-refractivity contribution in [2.45, 2.75) is 19.1 Å². The number of benzene rings is 1. The van der Waals surface area contributed by atoms with Gasteiger partial charge in [0, 0.05) is 45.3 Å². The van der Waals surface area contributed by atoms with Gasteiger partial charge in [-0.25, -0.2) is 4.79 Å². The van der Waals surface area contributed by atoms with Crippen molar-refractivity contribution in [2.24, 2.45) is 0 Å². The number of aromatic nitrogens is 1. The van der Waals surface area contributed by atoms with E-state index in [9.17, 15) is 18.0 Å². The number of nitrogens with one attached hydrogen (secondary N) is 2. The molecule has 1 fully saturated rings. The van der Waals surface area contributed by atoms with E-state index in [1.165, 1.54) is 5.56 Å². The number of carbonyl (C=O) groups excluding carboxylic acids is 1. The van der Waals surface area contributed by atoms with Crippen LogP contribution in [0.25, 0.3) is 0 Å². The third kappa shape index (κ3) is 6.75. The molecule has 0 radical (unpaired) electrons.